The van der Waals surface area contributed by atoms with Gasteiger partial charge in [0.2, 0.25) is 5.91 Å². The third-order valence-corrected chi connectivity index (χ3v) is 7.65. The molecule has 13 nitrogen and oxygen atoms in total. The topological polar surface area (TPSA) is 179 Å². The quantitative estimate of drug-likeness (QED) is 0.0765. The van der Waals surface area contributed by atoms with Crippen LogP contribution < -0.4 is 31.9 Å². The van der Waals surface area contributed by atoms with Crippen LogP contribution in [0.15, 0.2) is 0 Å². The lowest BCUT2D eigenvalue weighted by Gasteiger charge is -2.16. The number of hydrogen-bond donors (Lipinski definition) is 7. The first-order valence-corrected chi connectivity index (χ1v) is 14.5. The second-order valence-corrected chi connectivity index (χ2v) is 10.5. The average molecular weight is 561 g/mol. The zero-order chi connectivity index (χ0) is 27.6. The van der Waals surface area contributed by atoms with Crippen LogP contribution in [0.4, 0.5) is 9.59 Å². The van der Waals surface area contributed by atoms with E-state index in [2.05, 4.69) is 31.9 Å². The van der Waals surface area contributed by atoms with Crippen molar-refractivity contribution in [2.45, 2.75) is 68.9 Å². The number of carbonyl (C=O) groups excluding carboxylic acids is 4. The minimum absolute atomic E-state index is 0.00267. The minimum atomic E-state index is -1.33. The summed E-state index contributed by atoms with van der Waals surface area (Å²) in [4.78, 5) is 46.7. The maximum atomic E-state index is 12.0. The minimum Gasteiger partial charge on any atom is -0.381 e. The molecule has 38 heavy (non-hydrogen) atoms. The van der Waals surface area contributed by atoms with Crippen LogP contribution in [-0.4, -0.2) is 111 Å². The fourth-order valence-corrected chi connectivity index (χ4v) is 5.58. The Hall–Kier alpha value is -2.29. The van der Waals surface area contributed by atoms with Crippen molar-refractivity contribution in [3.63, 3.8) is 0 Å². The Morgan fingerprint density at radius 1 is 0.974 bits per heavy atom. The molecule has 6 amide bonds. The molecule has 0 bridgehead atoms. The number of thioether (sulfide) groups is 1. The zero-order valence-electron chi connectivity index (χ0n) is 22.2. The molecule has 2 rings (SSSR count). The largest absolute Gasteiger partial charge is 0.381 e. The van der Waals surface area contributed by atoms with Crippen molar-refractivity contribution in [1.29, 1.82) is 0 Å². The number of rotatable bonds is 20. The SMILES string of the molecule is CCCCNC(=O)NC[C@@H](O)C(=O)NCCOCCOCCNC(=O)CCCC[C@@H]1SC[C@@H]2NC(=O)N[C@@H]21. The number of urea groups is 2. The molecular weight excluding hydrogens is 516 g/mol. The van der Waals surface area contributed by atoms with Crippen molar-refractivity contribution in [2.75, 3.05) is 58.4 Å². The normalized spacial score (nSPS) is 20.7. The summed E-state index contributed by atoms with van der Waals surface area (Å²) in [5.74, 6) is 0.364. The summed E-state index contributed by atoms with van der Waals surface area (Å²) in [6, 6.07) is -0.0538. The molecule has 4 atom stereocenters. The monoisotopic (exact) mass is 560 g/mol. The lowest BCUT2D eigenvalue weighted by molar-refractivity contribution is -0.129. The molecule has 0 saturated carbocycles. The van der Waals surface area contributed by atoms with Gasteiger partial charge in [-0.2, -0.15) is 11.8 Å². The van der Waals surface area contributed by atoms with Gasteiger partial charge in [0.15, 0.2) is 0 Å². The number of aliphatic hydroxyl groups is 1. The summed E-state index contributed by atoms with van der Waals surface area (Å²) in [6.45, 7) is 4.37. The van der Waals surface area contributed by atoms with Crippen LogP contribution in [0.3, 0.4) is 0 Å². The van der Waals surface area contributed by atoms with Gasteiger partial charge >= 0.3 is 12.1 Å². The molecule has 0 aromatic heterocycles. The molecule has 14 heteroatoms. The molecule has 0 unspecified atom stereocenters. The van der Waals surface area contributed by atoms with Gasteiger partial charge in [-0.15, -0.1) is 0 Å². The Labute approximate surface area is 228 Å². The molecule has 0 radical (unpaired) electrons. The van der Waals surface area contributed by atoms with Gasteiger partial charge in [-0.1, -0.05) is 19.8 Å². The van der Waals surface area contributed by atoms with Crippen LogP contribution in [0.25, 0.3) is 0 Å². The summed E-state index contributed by atoms with van der Waals surface area (Å²) in [6.07, 6.45) is 3.72. The molecule has 2 fully saturated rings. The van der Waals surface area contributed by atoms with Crippen LogP contribution in [0.2, 0.25) is 0 Å². The van der Waals surface area contributed by atoms with E-state index in [1.807, 2.05) is 18.7 Å². The second-order valence-electron chi connectivity index (χ2n) is 9.24. The maximum absolute atomic E-state index is 12.0. The fraction of sp³-hybridized carbons (Fsp3) is 0.833. The van der Waals surface area contributed by atoms with E-state index in [-0.39, 0.29) is 43.7 Å². The van der Waals surface area contributed by atoms with Crippen molar-refractivity contribution in [2.24, 2.45) is 0 Å². The van der Waals surface area contributed by atoms with E-state index in [4.69, 9.17) is 9.47 Å². The zero-order valence-corrected chi connectivity index (χ0v) is 23.0. The predicted octanol–water partition coefficient (Wildman–Crippen LogP) is -0.562. The summed E-state index contributed by atoms with van der Waals surface area (Å²) in [5, 5.41) is 26.6. The van der Waals surface area contributed by atoms with Gasteiger partial charge < -0.3 is 46.5 Å². The van der Waals surface area contributed by atoms with Crippen molar-refractivity contribution in [1.82, 2.24) is 31.9 Å². The van der Waals surface area contributed by atoms with E-state index in [9.17, 15) is 24.3 Å². The molecule has 0 spiro atoms. The highest BCUT2D eigenvalue weighted by Gasteiger charge is 2.42. The van der Waals surface area contributed by atoms with Crippen molar-refractivity contribution in [3.8, 4) is 0 Å². The average Bonchev–Trinajstić information content (AvgIpc) is 3.45. The highest BCUT2D eigenvalue weighted by Crippen LogP contribution is 2.33. The molecule has 2 aliphatic heterocycles. The summed E-state index contributed by atoms with van der Waals surface area (Å²) >= 11 is 1.88. The number of nitrogens with one attached hydrogen (secondary N) is 6. The van der Waals surface area contributed by atoms with E-state index >= 15 is 0 Å². The highest BCUT2D eigenvalue weighted by atomic mass is 32.2. The van der Waals surface area contributed by atoms with Crippen LogP contribution >= 0.6 is 11.8 Å². The van der Waals surface area contributed by atoms with Gasteiger partial charge in [-0.25, -0.2) is 9.59 Å². The van der Waals surface area contributed by atoms with Crippen LogP contribution in [0.1, 0.15) is 45.4 Å². The van der Waals surface area contributed by atoms with Crippen molar-refractivity contribution in [3.05, 3.63) is 0 Å². The lowest BCUT2D eigenvalue weighted by atomic mass is 10.0. The standard InChI is InChI=1S/C24H44N6O7S/c1-2-3-8-27-23(34)28-15-18(31)22(33)26-10-12-37-14-13-36-11-9-25-20(32)7-5-4-6-19-21-17(16-38-19)29-24(35)30-21/h17-19,21,31H,2-16H2,1H3,(H,25,32)(H,26,33)(H2,27,28,34)(H2,29,30,35)/t17-,18+,19-,21-/m0/s1. The molecular formula is C24H44N6O7S. The number of aliphatic hydroxyl groups excluding tert-OH is 1. The molecule has 218 valence electrons. The Balaban J connectivity index is 1.33. The number of unbranched alkanes of at least 4 members (excludes halogenated alkanes) is 2. The predicted molar refractivity (Wildman–Crippen MR) is 144 cm³/mol. The fourth-order valence-electron chi connectivity index (χ4n) is 4.03. The smallest absolute Gasteiger partial charge is 0.315 e. The van der Waals surface area contributed by atoms with Gasteiger partial charge in [-0.05, 0) is 19.3 Å². The molecule has 0 aromatic rings. The first-order valence-electron chi connectivity index (χ1n) is 13.5. The van der Waals surface area contributed by atoms with E-state index in [1.165, 1.54) is 0 Å². The first kappa shape index (κ1) is 31.9. The molecule has 2 aliphatic rings. The van der Waals surface area contributed by atoms with E-state index in [0.717, 1.165) is 37.9 Å². The van der Waals surface area contributed by atoms with Gasteiger partial charge in [0.25, 0.3) is 5.91 Å². The number of carbonyl (C=O) groups is 4. The summed E-state index contributed by atoms with van der Waals surface area (Å²) in [7, 11) is 0. The second kappa shape index (κ2) is 18.9. The van der Waals surface area contributed by atoms with Crippen molar-refractivity contribution >= 4 is 35.6 Å². The van der Waals surface area contributed by atoms with Gasteiger partial charge in [0, 0.05) is 37.1 Å². The molecule has 2 heterocycles. The number of amides is 6. The highest BCUT2D eigenvalue weighted by molar-refractivity contribution is 8.00. The van der Waals surface area contributed by atoms with E-state index in [0.29, 0.717) is 44.6 Å². The number of ether oxygens (including phenoxy) is 2. The Bertz CT molecular complexity index is 747. The lowest BCUT2D eigenvalue weighted by Crippen LogP contribution is -2.46. The van der Waals surface area contributed by atoms with Gasteiger partial charge in [0.05, 0.1) is 45.1 Å². The van der Waals surface area contributed by atoms with Crippen LogP contribution in [0, 0.1) is 0 Å². The first-order chi connectivity index (χ1) is 18.4. The Morgan fingerprint density at radius 2 is 1.71 bits per heavy atom. The number of hydrogen-bond acceptors (Lipinski definition) is 8. The van der Waals surface area contributed by atoms with E-state index in [1.54, 1.807) is 0 Å². The Morgan fingerprint density at radius 3 is 2.45 bits per heavy atom. The van der Waals surface area contributed by atoms with E-state index < -0.39 is 18.0 Å². The number of fused-ring (bicyclic) bond motifs is 1. The van der Waals surface area contributed by atoms with Gasteiger partial charge in [-0.3, -0.25) is 9.59 Å². The van der Waals surface area contributed by atoms with Crippen LogP contribution in [0.5, 0.6) is 0 Å². The van der Waals surface area contributed by atoms with Crippen molar-refractivity contribution < 1.29 is 33.8 Å². The molecule has 0 aliphatic carbocycles. The van der Waals surface area contributed by atoms with Gasteiger partial charge in [0.1, 0.15) is 6.10 Å². The maximum Gasteiger partial charge on any atom is 0.315 e. The Kier molecular flexibility index (Phi) is 15.9. The van der Waals surface area contributed by atoms with Crippen LogP contribution in [-0.2, 0) is 19.1 Å². The summed E-state index contributed by atoms with van der Waals surface area (Å²) in [5.41, 5.74) is 0. The third kappa shape index (κ3) is 13.0. The third-order valence-electron chi connectivity index (χ3n) is 6.14. The molecule has 2 saturated heterocycles. The molecule has 0 aromatic carbocycles. The molecule has 7 N–H and O–H groups in total. The summed E-state index contributed by atoms with van der Waals surface area (Å²) < 4.78 is 10.8.